The Kier molecular flexibility index (Phi) is 4.94. The van der Waals surface area contributed by atoms with Crippen molar-refractivity contribution >= 4 is 21.4 Å². The molecule has 0 amide bonds. The molecule has 0 fully saturated rings. The van der Waals surface area contributed by atoms with E-state index < -0.39 is 0 Å². The Balaban J connectivity index is 1.99. The third-order valence-corrected chi connectivity index (χ3v) is 7.57. The van der Waals surface area contributed by atoms with Crippen molar-refractivity contribution in [2.24, 2.45) is 0 Å². The zero-order valence-electron chi connectivity index (χ0n) is 16.8. The van der Waals surface area contributed by atoms with Crippen LogP contribution in [0.2, 0.25) is 0 Å². The Morgan fingerprint density at radius 2 is 2.00 bits per heavy atom. The molecule has 0 saturated carbocycles. The number of unbranched alkanes of at least 4 members (excludes halogenated alkanes) is 1. The Bertz CT molecular complexity index is 997. The van der Waals surface area contributed by atoms with E-state index in [9.17, 15) is 0 Å². The van der Waals surface area contributed by atoms with Gasteiger partial charge in [-0.1, -0.05) is 57.5 Å². The lowest BCUT2D eigenvalue weighted by Crippen LogP contribution is -2.51. The highest BCUT2D eigenvalue weighted by atomic mass is 32.1. The molecule has 1 aliphatic heterocycles. The third-order valence-electron chi connectivity index (χ3n) is 6.37. The number of benzene rings is 1. The Morgan fingerprint density at radius 1 is 1.19 bits per heavy atom. The fourth-order valence-electron chi connectivity index (χ4n) is 4.68. The van der Waals surface area contributed by atoms with Gasteiger partial charge in [-0.3, -0.25) is 0 Å². The molecule has 140 valence electrons. The highest BCUT2D eigenvalue weighted by molar-refractivity contribution is 7.22. The van der Waals surface area contributed by atoms with E-state index in [1.165, 1.54) is 56.6 Å². The van der Waals surface area contributed by atoms with Crippen LogP contribution in [0, 0.1) is 0 Å². The largest absolute Gasteiger partial charge is 0.223 e. The van der Waals surface area contributed by atoms with Crippen molar-refractivity contribution in [1.82, 2.24) is 0 Å². The van der Waals surface area contributed by atoms with Gasteiger partial charge >= 0.3 is 0 Å². The van der Waals surface area contributed by atoms with Gasteiger partial charge in [0, 0.05) is 22.4 Å². The summed E-state index contributed by atoms with van der Waals surface area (Å²) in [5, 5.41) is 1.43. The summed E-state index contributed by atoms with van der Waals surface area (Å²) >= 11 is 1.96. The number of thiophene rings is 1. The van der Waals surface area contributed by atoms with Crippen molar-refractivity contribution in [3.8, 4) is 10.6 Å². The second-order valence-electron chi connectivity index (χ2n) is 7.85. The van der Waals surface area contributed by atoms with Crippen LogP contribution in [0.1, 0.15) is 57.6 Å². The van der Waals surface area contributed by atoms with Gasteiger partial charge in [0.05, 0.1) is 5.41 Å². The van der Waals surface area contributed by atoms with E-state index in [2.05, 4.69) is 74.5 Å². The number of pyridine rings is 1. The number of fused-ring (bicyclic) bond motifs is 5. The monoisotopic (exact) mass is 376 g/mol. The molecule has 1 aromatic carbocycles. The maximum atomic E-state index is 4.55. The summed E-state index contributed by atoms with van der Waals surface area (Å²) in [4.78, 5) is 1.46. The van der Waals surface area contributed by atoms with Crippen molar-refractivity contribution in [3.05, 3.63) is 65.9 Å². The van der Waals surface area contributed by atoms with Crippen LogP contribution < -0.4 is 4.57 Å². The van der Waals surface area contributed by atoms with E-state index in [-0.39, 0.29) is 5.41 Å². The molecular formula is C25H30NS+. The third kappa shape index (κ3) is 2.86. The fraction of sp³-hybridized carbons (Fsp3) is 0.400. The normalized spacial score (nSPS) is 18.3. The Morgan fingerprint density at radius 3 is 2.74 bits per heavy atom. The van der Waals surface area contributed by atoms with E-state index >= 15 is 0 Å². The highest BCUT2D eigenvalue weighted by Gasteiger charge is 2.46. The van der Waals surface area contributed by atoms with Gasteiger partial charge in [0.2, 0.25) is 5.69 Å². The van der Waals surface area contributed by atoms with Crippen molar-refractivity contribution in [2.75, 3.05) is 0 Å². The highest BCUT2D eigenvalue weighted by Crippen LogP contribution is 2.51. The molecule has 1 aliphatic rings. The number of hydrogen-bond acceptors (Lipinski definition) is 1. The maximum Gasteiger partial charge on any atom is 0.223 e. The van der Waals surface area contributed by atoms with E-state index in [0.717, 1.165) is 19.4 Å². The van der Waals surface area contributed by atoms with Gasteiger partial charge in [0.15, 0.2) is 12.7 Å². The Labute approximate surface area is 167 Å². The van der Waals surface area contributed by atoms with E-state index in [1.807, 2.05) is 11.3 Å². The van der Waals surface area contributed by atoms with Gasteiger partial charge < -0.3 is 0 Å². The summed E-state index contributed by atoms with van der Waals surface area (Å²) in [6, 6.07) is 13.7. The maximum absolute atomic E-state index is 4.55. The second-order valence-corrected chi connectivity index (χ2v) is 8.90. The average molecular weight is 377 g/mol. The Hall–Kier alpha value is -1.93. The summed E-state index contributed by atoms with van der Waals surface area (Å²) in [7, 11) is 0. The summed E-state index contributed by atoms with van der Waals surface area (Å²) in [6.07, 6.45) is 8.12. The molecule has 0 radical (unpaired) electrons. The number of aryl methyl sites for hydroxylation is 1. The molecule has 2 heteroatoms. The van der Waals surface area contributed by atoms with Crippen LogP contribution in [-0.4, -0.2) is 0 Å². The minimum absolute atomic E-state index is 0.0340. The van der Waals surface area contributed by atoms with Crippen LogP contribution in [0.25, 0.3) is 20.7 Å². The first-order chi connectivity index (χ1) is 13.1. The molecule has 0 N–H and O–H groups in total. The number of rotatable bonds is 6. The second kappa shape index (κ2) is 7.24. The molecular weight excluding hydrogens is 346 g/mol. The molecule has 4 rings (SSSR count). The SMILES string of the molecule is C=C(CC)C1(CC)C[n+]2ccc(CCCC)cc2-c2sc3ccccc3c21. The summed E-state index contributed by atoms with van der Waals surface area (Å²) < 4.78 is 3.88. The predicted octanol–water partition coefficient (Wildman–Crippen LogP) is 6.83. The molecule has 2 aromatic heterocycles. The average Bonchev–Trinajstić information content (AvgIpc) is 3.11. The zero-order valence-corrected chi connectivity index (χ0v) is 17.7. The first-order valence-electron chi connectivity index (χ1n) is 10.4. The quantitative estimate of drug-likeness (QED) is 0.328. The van der Waals surface area contributed by atoms with Crippen molar-refractivity contribution in [1.29, 1.82) is 0 Å². The first kappa shape index (κ1) is 18.4. The molecule has 1 nitrogen and oxygen atoms in total. The molecule has 0 bridgehead atoms. The van der Waals surface area contributed by atoms with Gasteiger partial charge in [-0.05, 0) is 42.7 Å². The van der Waals surface area contributed by atoms with Crippen LogP contribution >= 0.6 is 11.3 Å². The number of hydrogen-bond donors (Lipinski definition) is 0. The van der Waals surface area contributed by atoms with Crippen LogP contribution in [0.5, 0.6) is 0 Å². The van der Waals surface area contributed by atoms with Crippen LogP contribution in [-0.2, 0) is 18.4 Å². The van der Waals surface area contributed by atoms with Gasteiger partial charge in [0.1, 0.15) is 4.88 Å². The fourth-order valence-corrected chi connectivity index (χ4v) is 6.01. The lowest BCUT2D eigenvalue weighted by molar-refractivity contribution is -0.695. The van der Waals surface area contributed by atoms with Gasteiger partial charge in [-0.2, -0.15) is 4.57 Å². The molecule has 3 heterocycles. The van der Waals surface area contributed by atoms with Crippen LogP contribution in [0.3, 0.4) is 0 Å². The first-order valence-corrected chi connectivity index (χ1v) is 11.2. The molecule has 1 atom stereocenters. The van der Waals surface area contributed by atoms with Crippen molar-refractivity contribution < 1.29 is 4.57 Å². The zero-order chi connectivity index (χ0) is 19.0. The lowest BCUT2D eigenvalue weighted by atomic mass is 9.68. The van der Waals surface area contributed by atoms with Crippen molar-refractivity contribution in [3.63, 3.8) is 0 Å². The molecule has 1 unspecified atom stereocenters. The molecule has 0 saturated heterocycles. The number of aromatic nitrogens is 1. The van der Waals surface area contributed by atoms with E-state index in [4.69, 9.17) is 0 Å². The topological polar surface area (TPSA) is 3.88 Å². The summed E-state index contributed by atoms with van der Waals surface area (Å²) in [5.41, 5.74) is 5.79. The van der Waals surface area contributed by atoms with Gasteiger partial charge in [0.25, 0.3) is 0 Å². The van der Waals surface area contributed by atoms with Crippen molar-refractivity contribution in [2.45, 2.75) is 64.8 Å². The molecule has 0 aliphatic carbocycles. The number of allylic oxidation sites excluding steroid dienone is 1. The minimum Gasteiger partial charge on any atom is -0.196 e. The van der Waals surface area contributed by atoms with Crippen LogP contribution in [0.4, 0.5) is 0 Å². The van der Waals surface area contributed by atoms with Gasteiger partial charge in [-0.25, -0.2) is 0 Å². The minimum atomic E-state index is 0.0340. The smallest absolute Gasteiger partial charge is 0.196 e. The summed E-state index contributed by atoms with van der Waals surface area (Å²) in [5.74, 6) is 0. The number of nitrogens with zero attached hydrogens (tertiary/aromatic N) is 1. The van der Waals surface area contributed by atoms with Crippen LogP contribution in [0.15, 0.2) is 54.7 Å². The standard InChI is InChI=1S/C25H30NS/c1-5-8-11-19-14-15-26-17-25(7-3,18(4)6-2)23-20-12-9-10-13-22(20)27-24(23)21(26)16-19/h9-10,12-16H,4-8,11,17H2,1-3H3/q+1. The molecule has 0 spiro atoms. The summed E-state index contributed by atoms with van der Waals surface area (Å²) in [6.45, 7) is 12.4. The van der Waals surface area contributed by atoms with E-state index in [0.29, 0.717) is 0 Å². The molecule has 3 aromatic rings. The molecule has 27 heavy (non-hydrogen) atoms. The lowest BCUT2D eigenvalue weighted by Gasteiger charge is -2.36. The predicted molar refractivity (Wildman–Crippen MR) is 117 cm³/mol. The van der Waals surface area contributed by atoms with E-state index in [1.54, 1.807) is 0 Å². The van der Waals surface area contributed by atoms with Gasteiger partial charge in [-0.15, -0.1) is 11.3 Å².